The van der Waals surface area contributed by atoms with Crippen LogP contribution >= 0.6 is 0 Å². The van der Waals surface area contributed by atoms with Crippen molar-refractivity contribution in [1.29, 1.82) is 0 Å². The molecule has 4 rings (SSSR count). The maximum atomic E-state index is 6.33. The maximum Gasteiger partial charge on any atom is 0.119 e. The van der Waals surface area contributed by atoms with Gasteiger partial charge in [-0.3, -0.25) is 0 Å². The fourth-order valence-corrected chi connectivity index (χ4v) is 3.69. The van der Waals surface area contributed by atoms with E-state index in [2.05, 4.69) is 48.6 Å². The van der Waals surface area contributed by atoms with E-state index in [0.29, 0.717) is 6.61 Å². The van der Waals surface area contributed by atoms with Crippen LogP contribution in [0.15, 0.2) is 84.9 Å². The van der Waals surface area contributed by atoms with Crippen LogP contribution in [0, 0.1) is 0 Å². The van der Waals surface area contributed by atoms with Gasteiger partial charge in [-0.05, 0) is 60.2 Å². The highest BCUT2D eigenvalue weighted by molar-refractivity contribution is 5.51. The topological polar surface area (TPSA) is 27.7 Å². The molecule has 0 aromatic heterocycles. The van der Waals surface area contributed by atoms with E-state index in [0.717, 1.165) is 36.3 Å². The number of methoxy groups -OCH3 is 1. The molecule has 3 aromatic rings. The number of ether oxygens (including phenoxy) is 3. The van der Waals surface area contributed by atoms with Gasteiger partial charge in [-0.2, -0.15) is 0 Å². The van der Waals surface area contributed by atoms with Crippen LogP contribution in [-0.4, -0.2) is 13.2 Å². The third-order valence-corrected chi connectivity index (χ3v) is 5.41. The van der Waals surface area contributed by atoms with Crippen LogP contribution in [0.5, 0.6) is 11.5 Å². The number of hydrogen-bond acceptors (Lipinski definition) is 3. The fourth-order valence-electron chi connectivity index (χ4n) is 3.69. The summed E-state index contributed by atoms with van der Waals surface area (Å²) in [6, 6.07) is 26.6. The van der Waals surface area contributed by atoms with Crippen molar-refractivity contribution in [3.8, 4) is 11.5 Å². The molecular formula is C27H28O3. The number of rotatable bonds is 7. The first-order valence-electron chi connectivity index (χ1n) is 10.5. The van der Waals surface area contributed by atoms with E-state index < -0.39 is 0 Å². The van der Waals surface area contributed by atoms with E-state index in [4.69, 9.17) is 14.2 Å². The molecule has 0 N–H and O–H groups in total. The van der Waals surface area contributed by atoms with E-state index >= 15 is 0 Å². The van der Waals surface area contributed by atoms with Gasteiger partial charge < -0.3 is 14.2 Å². The summed E-state index contributed by atoms with van der Waals surface area (Å²) >= 11 is 0. The molecule has 0 unspecified atom stereocenters. The Bertz CT molecular complexity index is 930. The Hall–Kier alpha value is -3.04. The molecule has 1 heterocycles. The predicted octanol–water partition coefficient (Wildman–Crippen LogP) is 6.60. The van der Waals surface area contributed by atoms with Gasteiger partial charge in [0.05, 0.1) is 19.3 Å². The summed E-state index contributed by atoms with van der Waals surface area (Å²) in [6.45, 7) is 0.582. The lowest BCUT2D eigenvalue weighted by atomic mass is 9.98. The second-order valence-corrected chi connectivity index (χ2v) is 7.57. The summed E-state index contributed by atoms with van der Waals surface area (Å²) in [6.07, 6.45) is 7.88. The van der Waals surface area contributed by atoms with Gasteiger partial charge in [0.15, 0.2) is 0 Å². The summed E-state index contributed by atoms with van der Waals surface area (Å²) < 4.78 is 17.4. The molecule has 0 aliphatic carbocycles. The van der Waals surface area contributed by atoms with Crippen molar-refractivity contribution in [3.05, 3.63) is 102 Å². The van der Waals surface area contributed by atoms with Gasteiger partial charge in [0.2, 0.25) is 0 Å². The lowest BCUT2D eigenvalue weighted by Gasteiger charge is -2.28. The zero-order valence-corrected chi connectivity index (χ0v) is 17.4. The van der Waals surface area contributed by atoms with Crippen LogP contribution in [0.25, 0.3) is 6.08 Å². The molecule has 1 saturated heterocycles. The van der Waals surface area contributed by atoms with Crippen LogP contribution < -0.4 is 9.47 Å². The van der Waals surface area contributed by atoms with Gasteiger partial charge >= 0.3 is 0 Å². The Morgan fingerprint density at radius 3 is 2.33 bits per heavy atom. The second-order valence-electron chi connectivity index (χ2n) is 7.57. The van der Waals surface area contributed by atoms with E-state index in [1.165, 1.54) is 11.1 Å². The first-order chi connectivity index (χ1) is 14.8. The Morgan fingerprint density at radius 1 is 0.867 bits per heavy atom. The van der Waals surface area contributed by atoms with Crippen molar-refractivity contribution in [2.45, 2.75) is 38.1 Å². The average Bonchev–Trinajstić information content (AvgIpc) is 2.83. The molecule has 3 heteroatoms. The van der Waals surface area contributed by atoms with Gasteiger partial charge in [-0.25, -0.2) is 0 Å². The normalized spacial score (nSPS) is 19.0. The molecule has 0 amide bonds. The molecule has 0 spiro atoms. The molecule has 3 nitrogen and oxygen atoms in total. The van der Waals surface area contributed by atoms with Crippen LogP contribution in [0.2, 0.25) is 0 Å². The van der Waals surface area contributed by atoms with E-state index in [1.807, 2.05) is 42.5 Å². The Labute approximate surface area is 178 Å². The molecule has 1 fully saturated rings. The molecule has 2 atom stereocenters. The summed E-state index contributed by atoms with van der Waals surface area (Å²) in [5, 5.41) is 0. The van der Waals surface area contributed by atoms with Crippen LogP contribution in [-0.2, 0) is 11.3 Å². The highest BCUT2D eigenvalue weighted by Crippen LogP contribution is 2.32. The Morgan fingerprint density at radius 2 is 1.60 bits per heavy atom. The van der Waals surface area contributed by atoms with Gasteiger partial charge in [-0.1, -0.05) is 66.7 Å². The van der Waals surface area contributed by atoms with Gasteiger partial charge in [0, 0.05) is 0 Å². The van der Waals surface area contributed by atoms with E-state index in [9.17, 15) is 0 Å². The smallest absolute Gasteiger partial charge is 0.119 e. The van der Waals surface area contributed by atoms with Crippen LogP contribution in [0.3, 0.4) is 0 Å². The van der Waals surface area contributed by atoms with Gasteiger partial charge in [0.1, 0.15) is 18.1 Å². The number of benzene rings is 3. The minimum atomic E-state index is 0.139. The third kappa shape index (κ3) is 5.52. The molecule has 0 saturated carbocycles. The quantitative estimate of drug-likeness (QED) is 0.447. The second kappa shape index (κ2) is 10.1. The van der Waals surface area contributed by atoms with Crippen molar-refractivity contribution in [2.75, 3.05) is 7.11 Å². The van der Waals surface area contributed by atoms with Crippen LogP contribution in [0.4, 0.5) is 0 Å². The van der Waals surface area contributed by atoms with Crippen molar-refractivity contribution in [2.24, 2.45) is 0 Å². The van der Waals surface area contributed by atoms with Crippen molar-refractivity contribution >= 4 is 6.08 Å². The molecule has 154 valence electrons. The lowest BCUT2D eigenvalue weighted by Crippen LogP contribution is -2.20. The highest BCUT2D eigenvalue weighted by Gasteiger charge is 2.22. The molecule has 1 aliphatic heterocycles. The van der Waals surface area contributed by atoms with Gasteiger partial charge in [0.25, 0.3) is 0 Å². The minimum absolute atomic E-state index is 0.139. The molecular weight excluding hydrogens is 372 g/mol. The largest absolute Gasteiger partial charge is 0.497 e. The van der Waals surface area contributed by atoms with Crippen LogP contribution in [0.1, 0.15) is 42.1 Å². The summed E-state index contributed by atoms with van der Waals surface area (Å²) in [7, 11) is 1.69. The van der Waals surface area contributed by atoms with E-state index in [-0.39, 0.29) is 12.2 Å². The van der Waals surface area contributed by atoms with Crippen molar-refractivity contribution in [1.82, 2.24) is 0 Å². The summed E-state index contributed by atoms with van der Waals surface area (Å²) in [4.78, 5) is 0. The zero-order chi connectivity index (χ0) is 20.6. The summed E-state index contributed by atoms with van der Waals surface area (Å²) in [5.74, 6) is 1.76. The summed E-state index contributed by atoms with van der Waals surface area (Å²) in [5.41, 5.74) is 3.54. The standard InChI is InChI=1S/C27H28O3/c1-28-24-18-13-23(14-19-24)27-9-5-8-26(30-27)17-12-21-10-15-25(16-11-21)29-20-22-6-3-2-4-7-22/h2-4,6-7,10-19,26-27H,5,8-9,20H2,1H3/b17-12+/t26-,27+/m0/s1. The lowest BCUT2D eigenvalue weighted by molar-refractivity contribution is -0.0263. The van der Waals surface area contributed by atoms with Gasteiger partial charge in [-0.15, -0.1) is 0 Å². The third-order valence-electron chi connectivity index (χ3n) is 5.41. The predicted molar refractivity (Wildman–Crippen MR) is 121 cm³/mol. The number of hydrogen-bond donors (Lipinski definition) is 0. The van der Waals surface area contributed by atoms with Crippen molar-refractivity contribution in [3.63, 3.8) is 0 Å². The average molecular weight is 401 g/mol. The minimum Gasteiger partial charge on any atom is -0.497 e. The molecule has 30 heavy (non-hydrogen) atoms. The van der Waals surface area contributed by atoms with E-state index in [1.54, 1.807) is 7.11 Å². The highest BCUT2D eigenvalue weighted by atomic mass is 16.5. The monoisotopic (exact) mass is 400 g/mol. The first kappa shape index (κ1) is 20.2. The molecule has 1 aliphatic rings. The Kier molecular flexibility index (Phi) is 6.83. The first-order valence-corrected chi connectivity index (χ1v) is 10.5. The Balaban J connectivity index is 1.31. The zero-order valence-electron chi connectivity index (χ0n) is 17.4. The SMILES string of the molecule is COc1ccc([C@H]2CCC[C@@H](/C=C/c3ccc(OCc4ccccc4)cc3)O2)cc1. The fraction of sp³-hybridized carbons (Fsp3) is 0.259. The maximum absolute atomic E-state index is 6.33. The molecule has 0 bridgehead atoms. The molecule has 0 radical (unpaired) electrons. The van der Waals surface area contributed by atoms with Crippen molar-refractivity contribution < 1.29 is 14.2 Å². The molecule has 3 aromatic carbocycles.